The molecule has 9 aromatic rings. The van der Waals surface area contributed by atoms with Gasteiger partial charge in [-0.15, -0.1) is 0 Å². The van der Waals surface area contributed by atoms with Crippen molar-refractivity contribution in [2.24, 2.45) is 0 Å². The van der Waals surface area contributed by atoms with Gasteiger partial charge < -0.3 is 4.57 Å². The van der Waals surface area contributed by atoms with Crippen molar-refractivity contribution in [2.75, 3.05) is 0 Å². The summed E-state index contributed by atoms with van der Waals surface area (Å²) >= 11 is 0. The normalized spacial score (nSPS) is 12.1. The Morgan fingerprint density at radius 2 is 1.16 bits per heavy atom. The second-order valence-electron chi connectivity index (χ2n) is 11.5. The van der Waals surface area contributed by atoms with Crippen LogP contribution in [-0.4, -0.2) is 9.38 Å². The number of para-hydroxylation sites is 2. The Labute approximate surface area is 260 Å². The molecular formula is C41H27N2OP. The molecule has 9 rings (SSSR count). The molecule has 0 amide bonds. The van der Waals surface area contributed by atoms with E-state index < -0.39 is 7.14 Å². The summed E-state index contributed by atoms with van der Waals surface area (Å²) in [6.45, 7) is 0. The third-order valence-corrected chi connectivity index (χ3v) is 12.1. The molecule has 0 unspecified atom stereocenters. The Kier molecular flexibility index (Phi) is 5.78. The molecule has 0 N–H and O–H groups in total. The minimum absolute atomic E-state index is 0.829. The number of pyridine rings is 1. The van der Waals surface area contributed by atoms with Crippen LogP contribution < -0.4 is 15.9 Å². The molecule has 0 fully saturated rings. The predicted octanol–water partition coefficient (Wildman–Crippen LogP) is 9.25. The van der Waals surface area contributed by atoms with Crippen molar-refractivity contribution in [2.45, 2.75) is 0 Å². The summed E-state index contributed by atoms with van der Waals surface area (Å²) in [7, 11) is -3.23. The van der Waals surface area contributed by atoms with Gasteiger partial charge >= 0.3 is 0 Å². The lowest BCUT2D eigenvalue weighted by Crippen LogP contribution is -2.25. The lowest BCUT2D eigenvalue weighted by molar-refractivity contribution is 0.592. The summed E-state index contributed by atoms with van der Waals surface area (Å²) in [5.74, 6) is 0. The van der Waals surface area contributed by atoms with Gasteiger partial charge in [0.05, 0.1) is 16.6 Å². The highest BCUT2D eigenvalue weighted by molar-refractivity contribution is 7.85. The molecule has 45 heavy (non-hydrogen) atoms. The van der Waals surface area contributed by atoms with E-state index in [1.807, 2.05) is 72.8 Å². The van der Waals surface area contributed by atoms with E-state index in [-0.39, 0.29) is 0 Å². The standard InChI is InChI=1S/C41H27N2OP/c44-45(30-15-3-1-4-16-30,31-17-5-2-6-18-31)39-24-12-14-28-13-11-21-32(40(28)39)29-25-26-34-33-19-7-8-20-35(33)41-42-36-22-9-10-23-37(36)43(41)38(34)27-29/h1-27H. The monoisotopic (exact) mass is 594 g/mol. The predicted molar refractivity (Wildman–Crippen MR) is 190 cm³/mol. The molecule has 0 saturated carbocycles. The number of fused-ring (bicyclic) bond motifs is 9. The zero-order valence-corrected chi connectivity index (χ0v) is 25.2. The van der Waals surface area contributed by atoms with Crippen LogP contribution in [0.4, 0.5) is 0 Å². The van der Waals surface area contributed by atoms with Crippen LogP contribution in [-0.2, 0) is 4.57 Å². The van der Waals surface area contributed by atoms with Gasteiger partial charge in [-0.3, -0.25) is 4.40 Å². The first-order valence-corrected chi connectivity index (χ1v) is 16.9. The summed E-state index contributed by atoms with van der Waals surface area (Å²) in [4.78, 5) is 5.09. The van der Waals surface area contributed by atoms with E-state index in [1.54, 1.807) is 0 Å². The molecule has 0 saturated heterocycles. The number of aromatic nitrogens is 2. The maximum Gasteiger partial charge on any atom is 0.171 e. The zero-order valence-electron chi connectivity index (χ0n) is 24.3. The molecule has 2 heterocycles. The van der Waals surface area contributed by atoms with E-state index in [1.165, 1.54) is 10.8 Å². The van der Waals surface area contributed by atoms with Gasteiger partial charge in [0.25, 0.3) is 0 Å². The van der Waals surface area contributed by atoms with Crippen LogP contribution in [0.25, 0.3) is 60.3 Å². The smallest absolute Gasteiger partial charge is 0.171 e. The largest absolute Gasteiger partial charge is 0.309 e. The highest BCUT2D eigenvalue weighted by Crippen LogP contribution is 2.46. The van der Waals surface area contributed by atoms with Gasteiger partial charge in [0.15, 0.2) is 7.14 Å². The Balaban J connectivity index is 1.39. The molecule has 4 heteroatoms. The van der Waals surface area contributed by atoms with Gasteiger partial charge in [0, 0.05) is 32.1 Å². The molecule has 3 nitrogen and oxygen atoms in total. The average molecular weight is 595 g/mol. The average Bonchev–Trinajstić information content (AvgIpc) is 3.52. The first kappa shape index (κ1) is 25.9. The van der Waals surface area contributed by atoms with Gasteiger partial charge in [-0.25, -0.2) is 4.98 Å². The molecular weight excluding hydrogens is 567 g/mol. The van der Waals surface area contributed by atoms with Crippen molar-refractivity contribution in [3.63, 3.8) is 0 Å². The lowest BCUT2D eigenvalue weighted by atomic mass is 9.96. The van der Waals surface area contributed by atoms with Gasteiger partial charge in [0.1, 0.15) is 5.65 Å². The minimum atomic E-state index is -3.23. The second-order valence-corrected chi connectivity index (χ2v) is 14.2. The molecule has 0 aliphatic rings. The summed E-state index contributed by atoms with van der Waals surface area (Å²) < 4.78 is 17.9. The molecule has 0 atom stereocenters. The minimum Gasteiger partial charge on any atom is -0.309 e. The van der Waals surface area contributed by atoms with Crippen molar-refractivity contribution < 1.29 is 4.57 Å². The van der Waals surface area contributed by atoms with E-state index >= 15 is 4.57 Å². The summed E-state index contributed by atoms with van der Waals surface area (Å²) in [5.41, 5.74) is 6.23. The number of benzene rings is 7. The maximum absolute atomic E-state index is 15.6. The van der Waals surface area contributed by atoms with E-state index in [0.29, 0.717) is 0 Å². The third-order valence-electron chi connectivity index (χ3n) is 9.03. The second kappa shape index (κ2) is 10.0. The molecule has 212 valence electrons. The molecule has 0 bridgehead atoms. The maximum atomic E-state index is 15.6. The molecule has 2 aromatic heterocycles. The number of imidazole rings is 1. The van der Waals surface area contributed by atoms with E-state index in [4.69, 9.17) is 4.98 Å². The van der Waals surface area contributed by atoms with Crippen molar-refractivity contribution in [1.82, 2.24) is 9.38 Å². The Morgan fingerprint density at radius 3 is 1.91 bits per heavy atom. The molecule has 0 radical (unpaired) electrons. The SMILES string of the molecule is O=P(c1ccccc1)(c1ccccc1)c1cccc2cccc(-c3ccc4c5ccccc5c5nc6ccccc6n5c4c3)c12. The number of rotatable bonds is 4. The van der Waals surface area contributed by atoms with E-state index in [0.717, 1.165) is 65.4 Å². The first-order chi connectivity index (χ1) is 22.2. The fraction of sp³-hybridized carbons (Fsp3) is 0. The van der Waals surface area contributed by atoms with Gasteiger partial charge in [-0.1, -0.05) is 146 Å². The third kappa shape index (κ3) is 3.84. The highest BCUT2D eigenvalue weighted by Gasteiger charge is 2.32. The highest BCUT2D eigenvalue weighted by atomic mass is 31.2. The van der Waals surface area contributed by atoms with Crippen LogP contribution in [0.15, 0.2) is 164 Å². The molecule has 0 aliphatic carbocycles. The Hall–Kier alpha value is -5.50. The molecule has 0 aliphatic heterocycles. The molecule has 7 aromatic carbocycles. The van der Waals surface area contributed by atoms with Gasteiger partial charge in [-0.2, -0.15) is 0 Å². The van der Waals surface area contributed by atoms with Crippen LogP contribution >= 0.6 is 7.14 Å². The van der Waals surface area contributed by atoms with Gasteiger partial charge in [0.2, 0.25) is 0 Å². The first-order valence-electron chi connectivity index (χ1n) is 15.2. The summed E-state index contributed by atoms with van der Waals surface area (Å²) in [5, 5.41) is 8.07. The number of nitrogens with zero attached hydrogens (tertiary/aromatic N) is 2. The summed E-state index contributed by atoms with van der Waals surface area (Å²) in [6.07, 6.45) is 0. The number of hydrogen-bond acceptors (Lipinski definition) is 2. The topological polar surface area (TPSA) is 34.4 Å². The van der Waals surface area contributed by atoms with E-state index in [9.17, 15) is 0 Å². The Morgan fingerprint density at radius 1 is 0.511 bits per heavy atom. The van der Waals surface area contributed by atoms with Crippen molar-refractivity contribution in [1.29, 1.82) is 0 Å². The quantitative estimate of drug-likeness (QED) is 0.150. The van der Waals surface area contributed by atoms with Crippen molar-refractivity contribution in [3.05, 3.63) is 164 Å². The lowest BCUT2D eigenvalue weighted by Gasteiger charge is -2.23. The van der Waals surface area contributed by atoms with Crippen molar-refractivity contribution >= 4 is 72.2 Å². The van der Waals surface area contributed by atoms with Crippen LogP contribution in [0.3, 0.4) is 0 Å². The fourth-order valence-corrected chi connectivity index (χ4v) is 9.90. The van der Waals surface area contributed by atoms with Crippen LogP contribution in [0.2, 0.25) is 0 Å². The van der Waals surface area contributed by atoms with E-state index in [2.05, 4.69) is 95.4 Å². The van der Waals surface area contributed by atoms with Crippen LogP contribution in [0.1, 0.15) is 0 Å². The van der Waals surface area contributed by atoms with Crippen LogP contribution in [0.5, 0.6) is 0 Å². The fourth-order valence-electron chi connectivity index (χ4n) is 7.00. The van der Waals surface area contributed by atoms with Gasteiger partial charge in [-0.05, 0) is 40.1 Å². The molecule has 0 spiro atoms. The number of hydrogen-bond donors (Lipinski definition) is 0. The zero-order chi connectivity index (χ0) is 30.0. The van der Waals surface area contributed by atoms with Crippen LogP contribution in [0, 0.1) is 0 Å². The Bertz CT molecular complexity index is 2580. The summed E-state index contributed by atoms with van der Waals surface area (Å²) in [6, 6.07) is 56.0. The van der Waals surface area contributed by atoms with Crippen molar-refractivity contribution in [3.8, 4) is 11.1 Å².